The van der Waals surface area contributed by atoms with Crippen LogP contribution in [0.3, 0.4) is 0 Å². The molecule has 1 amide bonds. The summed E-state index contributed by atoms with van der Waals surface area (Å²) in [5, 5.41) is 6.60. The number of anilines is 1. The zero-order chi connectivity index (χ0) is 21.3. The lowest BCUT2D eigenvalue weighted by atomic mass is 10.0. The summed E-state index contributed by atoms with van der Waals surface area (Å²) in [4.78, 5) is 21.7. The highest BCUT2D eigenvalue weighted by molar-refractivity contribution is 14.0. The Morgan fingerprint density at radius 1 is 1.26 bits per heavy atom. The van der Waals surface area contributed by atoms with Gasteiger partial charge < -0.3 is 20.3 Å². The quantitative estimate of drug-likeness (QED) is 0.314. The van der Waals surface area contributed by atoms with Crippen LogP contribution in [0, 0.1) is 5.92 Å². The molecule has 1 aromatic carbocycles. The Bertz CT molecular complexity index is 728. The molecule has 8 heteroatoms. The van der Waals surface area contributed by atoms with Gasteiger partial charge in [-0.15, -0.1) is 24.0 Å². The number of aliphatic imine (C=N–C) groups is 1. The Balaban J connectivity index is 0.00000341. The molecule has 2 N–H and O–H groups in total. The molecule has 0 aromatic heterocycles. The Morgan fingerprint density at radius 3 is 2.84 bits per heavy atom. The third-order valence-corrected chi connectivity index (χ3v) is 5.47. The molecule has 2 heterocycles. The number of aryl methyl sites for hydroxylation is 1. The van der Waals surface area contributed by atoms with Gasteiger partial charge >= 0.3 is 0 Å². The van der Waals surface area contributed by atoms with E-state index < -0.39 is 0 Å². The summed E-state index contributed by atoms with van der Waals surface area (Å²) in [6.45, 7) is 12.6. The number of hydrogen-bond donors (Lipinski definition) is 2. The molecule has 1 saturated heterocycles. The van der Waals surface area contributed by atoms with Gasteiger partial charge in [0.25, 0.3) is 0 Å². The second-order valence-corrected chi connectivity index (χ2v) is 8.50. The third-order valence-electron chi connectivity index (χ3n) is 5.47. The Morgan fingerprint density at radius 2 is 2.06 bits per heavy atom. The van der Waals surface area contributed by atoms with Crippen molar-refractivity contribution in [1.29, 1.82) is 0 Å². The molecule has 31 heavy (non-hydrogen) atoms. The zero-order valence-electron chi connectivity index (χ0n) is 19.1. The van der Waals surface area contributed by atoms with E-state index in [4.69, 9.17) is 4.74 Å². The van der Waals surface area contributed by atoms with E-state index in [0.29, 0.717) is 18.4 Å². The minimum absolute atomic E-state index is 0. The fourth-order valence-corrected chi connectivity index (χ4v) is 4.16. The number of nitrogens with zero attached hydrogens (tertiary/aromatic N) is 3. The van der Waals surface area contributed by atoms with E-state index in [-0.39, 0.29) is 42.5 Å². The molecular formula is C23H38IN5O2. The molecule has 7 nitrogen and oxygen atoms in total. The van der Waals surface area contributed by atoms with Gasteiger partial charge in [-0.25, -0.2) is 4.99 Å². The molecular weight excluding hydrogens is 505 g/mol. The van der Waals surface area contributed by atoms with Crippen LogP contribution in [0.1, 0.15) is 32.8 Å². The maximum atomic E-state index is 12.9. The number of carbonyl (C=O) groups is 1. The molecule has 1 unspecified atom stereocenters. The van der Waals surface area contributed by atoms with Gasteiger partial charge in [-0.1, -0.05) is 32.0 Å². The van der Waals surface area contributed by atoms with E-state index in [0.717, 1.165) is 57.9 Å². The number of para-hydroxylation sites is 1. The summed E-state index contributed by atoms with van der Waals surface area (Å²) < 4.78 is 5.92. The van der Waals surface area contributed by atoms with Gasteiger partial charge in [0, 0.05) is 45.0 Å². The standard InChI is InChI=1S/C23H37N5O2.HI/c1-4-24-23(25-14-20-17-27(12-13-30-20)16-18(2)3)26-15-22(29)28-11-7-9-19-8-5-6-10-21(19)28;/h5-6,8,10,18,20H,4,7,9,11-17H2,1-3H3,(H2,24,25,26);1H. The van der Waals surface area contributed by atoms with Crippen LogP contribution in [0.25, 0.3) is 0 Å². The average Bonchev–Trinajstić information content (AvgIpc) is 2.75. The smallest absolute Gasteiger partial charge is 0.248 e. The SMILES string of the molecule is CCNC(=NCC(=O)N1CCCc2ccccc21)NCC1CN(CC(C)C)CCO1.I. The van der Waals surface area contributed by atoms with Crippen molar-refractivity contribution >= 4 is 41.5 Å². The van der Waals surface area contributed by atoms with Crippen LogP contribution in [0.15, 0.2) is 29.3 Å². The largest absolute Gasteiger partial charge is 0.374 e. The molecule has 0 saturated carbocycles. The van der Waals surface area contributed by atoms with E-state index in [1.165, 1.54) is 5.56 Å². The average molecular weight is 543 g/mol. The fourth-order valence-electron chi connectivity index (χ4n) is 4.16. The molecule has 2 aliphatic rings. The number of nitrogens with one attached hydrogen (secondary N) is 2. The lowest BCUT2D eigenvalue weighted by molar-refractivity contribution is -0.117. The number of benzene rings is 1. The van der Waals surface area contributed by atoms with Crippen LogP contribution < -0.4 is 15.5 Å². The zero-order valence-corrected chi connectivity index (χ0v) is 21.4. The summed E-state index contributed by atoms with van der Waals surface area (Å²) in [5.41, 5.74) is 2.27. The van der Waals surface area contributed by atoms with Crippen molar-refractivity contribution in [2.45, 2.75) is 39.7 Å². The van der Waals surface area contributed by atoms with Crippen molar-refractivity contribution < 1.29 is 9.53 Å². The number of carbonyl (C=O) groups excluding carboxylic acids is 1. The van der Waals surface area contributed by atoms with Crippen molar-refractivity contribution in [1.82, 2.24) is 15.5 Å². The lowest BCUT2D eigenvalue weighted by Gasteiger charge is -2.34. The summed E-state index contributed by atoms with van der Waals surface area (Å²) in [7, 11) is 0. The maximum absolute atomic E-state index is 12.9. The van der Waals surface area contributed by atoms with Gasteiger partial charge in [-0.2, -0.15) is 0 Å². The molecule has 0 bridgehead atoms. The van der Waals surface area contributed by atoms with Crippen molar-refractivity contribution in [2.75, 3.05) is 57.3 Å². The minimum Gasteiger partial charge on any atom is -0.374 e. The number of hydrogen-bond acceptors (Lipinski definition) is 4. The molecule has 1 fully saturated rings. The fraction of sp³-hybridized carbons (Fsp3) is 0.652. The molecule has 174 valence electrons. The predicted octanol–water partition coefficient (Wildman–Crippen LogP) is 2.50. The molecule has 0 aliphatic carbocycles. The summed E-state index contributed by atoms with van der Waals surface area (Å²) in [5.74, 6) is 1.36. The maximum Gasteiger partial charge on any atom is 0.248 e. The first-order valence-corrected chi connectivity index (χ1v) is 11.3. The van der Waals surface area contributed by atoms with Gasteiger partial charge in [0.05, 0.1) is 12.7 Å². The topological polar surface area (TPSA) is 69.2 Å². The Hall–Kier alpha value is -1.39. The normalized spacial score (nSPS) is 19.5. The van der Waals surface area contributed by atoms with Crippen LogP contribution in [0.2, 0.25) is 0 Å². The van der Waals surface area contributed by atoms with E-state index >= 15 is 0 Å². The highest BCUT2D eigenvalue weighted by Gasteiger charge is 2.23. The highest BCUT2D eigenvalue weighted by atomic mass is 127. The number of halogens is 1. The van der Waals surface area contributed by atoms with E-state index in [1.807, 2.05) is 30.0 Å². The van der Waals surface area contributed by atoms with Gasteiger partial charge in [0.15, 0.2) is 5.96 Å². The predicted molar refractivity (Wildman–Crippen MR) is 138 cm³/mol. The van der Waals surface area contributed by atoms with Gasteiger partial charge in [-0.3, -0.25) is 9.69 Å². The molecule has 0 spiro atoms. The van der Waals surface area contributed by atoms with Crippen LogP contribution >= 0.6 is 24.0 Å². The first-order chi connectivity index (χ1) is 14.6. The first-order valence-electron chi connectivity index (χ1n) is 11.3. The number of guanidine groups is 1. The molecule has 2 aliphatic heterocycles. The monoisotopic (exact) mass is 543 g/mol. The Kier molecular flexibility index (Phi) is 11.0. The van der Waals surface area contributed by atoms with Gasteiger partial charge in [-0.05, 0) is 37.3 Å². The second kappa shape index (κ2) is 13.2. The van der Waals surface area contributed by atoms with Gasteiger partial charge in [0.1, 0.15) is 6.54 Å². The highest BCUT2D eigenvalue weighted by Crippen LogP contribution is 2.26. The van der Waals surface area contributed by atoms with Crippen LogP contribution in [0.5, 0.6) is 0 Å². The molecule has 0 radical (unpaired) electrons. The van der Waals surface area contributed by atoms with Crippen LogP contribution in [-0.2, 0) is 16.0 Å². The third kappa shape index (κ3) is 7.91. The summed E-state index contributed by atoms with van der Waals surface area (Å²) in [6.07, 6.45) is 2.16. The van der Waals surface area contributed by atoms with Crippen molar-refractivity contribution in [3.63, 3.8) is 0 Å². The van der Waals surface area contributed by atoms with Crippen LogP contribution in [-0.4, -0.2) is 75.3 Å². The summed E-state index contributed by atoms with van der Waals surface area (Å²) >= 11 is 0. The van der Waals surface area contributed by atoms with E-state index in [2.05, 4.69) is 40.4 Å². The molecule has 1 atom stereocenters. The molecule has 1 aromatic rings. The van der Waals surface area contributed by atoms with Crippen molar-refractivity contribution in [3.8, 4) is 0 Å². The number of morpholine rings is 1. The molecule has 3 rings (SSSR count). The first kappa shape index (κ1) is 25.9. The van der Waals surface area contributed by atoms with E-state index in [9.17, 15) is 4.79 Å². The number of fused-ring (bicyclic) bond motifs is 1. The summed E-state index contributed by atoms with van der Waals surface area (Å²) in [6, 6.07) is 8.17. The van der Waals surface area contributed by atoms with Crippen molar-refractivity contribution in [3.05, 3.63) is 29.8 Å². The number of rotatable bonds is 7. The number of ether oxygens (including phenoxy) is 1. The second-order valence-electron chi connectivity index (χ2n) is 8.50. The van der Waals surface area contributed by atoms with Crippen LogP contribution in [0.4, 0.5) is 5.69 Å². The minimum atomic E-state index is 0. The number of amides is 1. The Labute approximate surface area is 204 Å². The van der Waals surface area contributed by atoms with Gasteiger partial charge in [0.2, 0.25) is 5.91 Å². The van der Waals surface area contributed by atoms with Crippen molar-refractivity contribution in [2.24, 2.45) is 10.9 Å². The lowest BCUT2D eigenvalue weighted by Crippen LogP contribution is -2.50. The van der Waals surface area contributed by atoms with E-state index in [1.54, 1.807) is 0 Å².